The first kappa shape index (κ1) is 19.8. The molecule has 0 spiro atoms. The van der Waals surface area contributed by atoms with Crippen molar-refractivity contribution in [1.29, 1.82) is 0 Å². The summed E-state index contributed by atoms with van der Waals surface area (Å²) in [6, 6.07) is 26.6. The number of amides is 2. The van der Waals surface area contributed by atoms with Crippen LogP contribution in [0.4, 0.5) is 5.69 Å². The molecule has 5 heteroatoms. The molecule has 0 aliphatic rings. The topological polar surface area (TPSA) is 49.4 Å². The van der Waals surface area contributed by atoms with Crippen LogP contribution in [0.1, 0.15) is 17.0 Å². The van der Waals surface area contributed by atoms with Crippen molar-refractivity contribution in [2.75, 3.05) is 18.9 Å². The Labute approximate surface area is 173 Å². The lowest BCUT2D eigenvalue weighted by molar-refractivity contribution is -0.133. The maximum atomic E-state index is 13.2. The molecule has 28 heavy (non-hydrogen) atoms. The molecule has 0 aliphatic heterocycles. The van der Waals surface area contributed by atoms with Crippen molar-refractivity contribution in [3.8, 4) is 0 Å². The first-order valence-electron chi connectivity index (χ1n) is 8.95. The van der Waals surface area contributed by atoms with Crippen molar-refractivity contribution in [2.24, 2.45) is 0 Å². The Hall–Kier alpha value is -2.92. The highest BCUT2D eigenvalue weighted by Gasteiger charge is 2.26. The third-order valence-corrected chi connectivity index (χ3v) is 5.11. The van der Waals surface area contributed by atoms with Gasteiger partial charge in [-0.25, -0.2) is 0 Å². The number of carbonyl (C=O) groups excluding carboxylic acids is 2. The van der Waals surface area contributed by atoms with Gasteiger partial charge < -0.3 is 10.2 Å². The van der Waals surface area contributed by atoms with E-state index in [-0.39, 0.29) is 18.4 Å². The van der Waals surface area contributed by atoms with E-state index >= 15 is 0 Å². The highest BCUT2D eigenvalue weighted by molar-refractivity contribution is 9.10. The molecule has 0 atom stereocenters. The van der Waals surface area contributed by atoms with Gasteiger partial charge in [-0.1, -0.05) is 72.8 Å². The van der Waals surface area contributed by atoms with Gasteiger partial charge in [0, 0.05) is 11.5 Å². The van der Waals surface area contributed by atoms with Crippen LogP contribution in [-0.4, -0.2) is 30.3 Å². The predicted molar refractivity (Wildman–Crippen MR) is 115 cm³/mol. The quantitative estimate of drug-likeness (QED) is 0.609. The van der Waals surface area contributed by atoms with Crippen LogP contribution in [0.3, 0.4) is 0 Å². The van der Waals surface area contributed by atoms with Gasteiger partial charge >= 0.3 is 0 Å². The number of hydrogen-bond acceptors (Lipinski definition) is 2. The second-order valence-electron chi connectivity index (χ2n) is 6.48. The van der Waals surface area contributed by atoms with Crippen molar-refractivity contribution < 1.29 is 9.59 Å². The molecular formula is C23H21BrN2O2. The summed E-state index contributed by atoms with van der Waals surface area (Å²) < 4.78 is 0.795. The molecule has 0 bridgehead atoms. The summed E-state index contributed by atoms with van der Waals surface area (Å²) in [6.45, 7) is -0.0314. The average molecular weight is 437 g/mol. The molecule has 0 radical (unpaired) electrons. The molecule has 0 saturated carbocycles. The molecule has 0 unspecified atom stereocenters. The highest BCUT2D eigenvalue weighted by atomic mass is 79.9. The van der Waals surface area contributed by atoms with Crippen LogP contribution in [0.2, 0.25) is 0 Å². The number of carbonyl (C=O) groups is 2. The Morgan fingerprint density at radius 3 is 1.89 bits per heavy atom. The predicted octanol–water partition coefficient (Wildman–Crippen LogP) is 4.68. The summed E-state index contributed by atoms with van der Waals surface area (Å²) >= 11 is 3.41. The van der Waals surface area contributed by atoms with Gasteiger partial charge in [-0.15, -0.1) is 0 Å². The minimum absolute atomic E-state index is 0.0314. The molecule has 3 aromatic rings. The molecule has 4 nitrogen and oxygen atoms in total. The zero-order chi connectivity index (χ0) is 19.9. The first-order valence-corrected chi connectivity index (χ1v) is 9.75. The summed E-state index contributed by atoms with van der Waals surface area (Å²) in [5.74, 6) is -0.828. The summed E-state index contributed by atoms with van der Waals surface area (Å²) in [4.78, 5) is 27.2. The monoisotopic (exact) mass is 436 g/mol. The maximum Gasteiger partial charge on any atom is 0.244 e. The smallest absolute Gasteiger partial charge is 0.244 e. The molecule has 2 amide bonds. The van der Waals surface area contributed by atoms with Gasteiger partial charge in [0.1, 0.15) is 0 Å². The van der Waals surface area contributed by atoms with Crippen LogP contribution in [-0.2, 0) is 9.59 Å². The molecule has 0 heterocycles. The van der Waals surface area contributed by atoms with Gasteiger partial charge in [-0.2, -0.15) is 0 Å². The fourth-order valence-electron chi connectivity index (χ4n) is 3.03. The lowest BCUT2D eigenvalue weighted by atomic mass is 9.90. The number of likely N-dealkylation sites (N-methyl/N-ethyl adjacent to an activating group) is 1. The minimum atomic E-state index is -0.455. The molecule has 0 fully saturated rings. The number of nitrogens with one attached hydrogen (secondary N) is 1. The Kier molecular flexibility index (Phi) is 6.61. The summed E-state index contributed by atoms with van der Waals surface area (Å²) in [5.41, 5.74) is 2.48. The van der Waals surface area contributed by atoms with E-state index in [1.54, 1.807) is 13.1 Å². The van der Waals surface area contributed by atoms with Crippen molar-refractivity contribution in [1.82, 2.24) is 4.90 Å². The minimum Gasteiger partial charge on any atom is -0.336 e. The first-order chi connectivity index (χ1) is 13.6. The van der Waals surface area contributed by atoms with E-state index in [4.69, 9.17) is 0 Å². The zero-order valence-corrected chi connectivity index (χ0v) is 17.1. The van der Waals surface area contributed by atoms with E-state index in [0.29, 0.717) is 5.69 Å². The third-order valence-electron chi connectivity index (χ3n) is 4.42. The molecule has 0 aromatic heterocycles. The molecule has 0 saturated heterocycles. The lowest BCUT2D eigenvalue weighted by Gasteiger charge is -2.24. The Morgan fingerprint density at radius 2 is 1.36 bits per heavy atom. The lowest BCUT2D eigenvalue weighted by Crippen LogP contribution is -2.38. The highest BCUT2D eigenvalue weighted by Crippen LogP contribution is 2.26. The number of nitrogens with zero attached hydrogens (tertiary/aromatic N) is 1. The second kappa shape index (κ2) is 9.33. The van der Waals surface area contributed by atoms with Crippen LogP contribution >= 0.6 is 15.9 Å². The number of hydrogen-bond donors (Lipinski definition) is 1. The van der Waals surface area contributed by atoms with E-state index in [1.165, 1.54) is 4.90 Å². The van der Waals surface area contributed by atoms with Crippen molar-refractivity contribution in [2.45, 2.75) is 5.92 Å². The standard InChI is InChI=1S/C23H21BrN2O2/c1-26(16-21(27)25-20-15-9-8-14-19(20)24)23(28)22(17-10-4-2-5-11-17)18-12-6-3-7-13-18/h2-15,22H,16H2,1H3,(H,25,27). The van der Waals surface area contributed by atoms with E-state index in [9.17, 15) is 9.59 Å². The van der Waals surface area contributed by atoms with Crippen LogP contribution in [0.5, 0.6) is 0 Å². The summed E-state index contributed by atoms with van der Waals surface area (Å²) in [7, 11) is 1.65. The fourth-order valence-corrected chi connectivity index (χ4v) is 3.42. The normalized spacial score (nSPS) is 10.5. The molecule has 0 aliphatic carbocycles. The number of benzene rings is 3. The van der Waals surface area contributed by atoms with Gasteiger partial charge in [0.25, 0.3) is 0 Å². The average Bonchev–Trinajstić information content (AvgIpc) is 2.71. The van der Waals surface area contributed by atoms with Crippen molar-refractivity contribution in [3.63, 3.8) is 0 Å². The van der Waals surface area contributed by atoms with Gasteiger partial charge in [-0.3, -0.25) is 9.59 Å². The van der Waals surface area contributed by atoms with Gasteiger partial charge in [-0.05, 0) is 39.2 Å². The second-order valence-corrected chi connectivity index (χ2v) is 7.33. The molecular weight excluding hydrogens is 416 g/mol. The van der Waals surface area contributed by atoms with Gasteiger partial charge in [0.15, 0.2) is 0 Å². The van der Waals surface area contributed by atoms with E-state index in [1.807, 2.05) is 78.9 Å². The molecule has 142 valence electrons. The molecule has 3 rings (SSSR count). The fraction of sp³-hybridized carbons (Fsp3) is 0.130. The van der Waals surface area contributed by atoms with E-state index < -0.39 is 5.92 Å². The van der Waals surface area contributed by atoms with E-state index in [0.717, 1.165) is 15.6 Å². The summed E-state index contributed by atoms with van der Waals surface area (Å²) in [5, 5.41) is 2.83. The summed E-state index contributed by atoms with van der Waals surface area (Å²) in [6.07, 6.45) is 0. The van der Waals surface area contributed by atoms with Crippen molar-refractivity contribution in [3.05, 3.63) is 101 Å². The number of anilines is 1. The van der Waals surface area contributed by atoms with Crippen LogP contribution in [0, 0.1) is 0 Å². The van der Waals surface area contributed by atoms with Crippen LogP contribution < -0.4 is 5.32 Å². The maximum absolute atomic E-state index is 13.2. The molecule has 3 aromatic carbocycles. The van der Waals surface area contributed by atoms with Crippen molar-refractivity contribution >= 4 is 33.4 Å². The van der Waals surface area contributed by atoms with Gasteiger partial charge in [0.2, 0.25) is 11.8 Å². The number of para-hydroxylation sites is 1. The van der Waals surface area contributed by atoms with Gasteiger partial charge in [0.05, 0.1) is 18.2 Å². The van der Waals surface area contributed by atoms with E-state index in [2.05, 4.69) is 21.2 Å². The Balaban J connectivity index is 1.77. The van der Waals surface area contributed by atoms with Crippen LogP contribution in [0.25, 0.3) is 0 Å². The Bertz CT molecular complexity index is 906. The third kappa shape index (κ3) is 4.87. The number of rotatable bonds is 6. The SMILES string of the molecule is CN(CC(=O)Nc1ccccc1Br)C(=O)C(c1ccccc1)c1ccccc1. The molecule has 1 N–H and O–H groups in total. The Morgan fingerprint density at radius 1 is 0.857 bits per heavy atom. The largest absolute Gasteiger partial charge is 0.336 e. The number of halogens is 1. The van der Waals surface area contributed by atoms with Crippen LogP contribution in [0.15, 0.2) is 89.4 Å². The zero-order valence-electron chi connectivity index (χ0n) is 15.5.